The summed E-state index contributed by atoms with van der Waals surface area (Å²) in [5.74, 6) is 3.15. The van der Waals surface area contributed by atoms with E-state index in [4.69, 9.17) is 4.74 Å². The molecule has 3 rings (SSSR count). The number of nitrogens with one attached hydrogen (secondary N) is 1. The number of ether oxygens (including phenoxy) is 1. The van der Waals surface area contributed by atoms with E-state index >= 15 is 0 Å². The van der Waals surface area contributed by atoms with Gasteiger partial charge in [0.25, 0.3) is 0 Å². The molecular formula is C16H21NO2. The topological polar surface area (TPSA) is 38.3 Å². The number of hydrogen-bond acceptors (Lipinski definition) is 2. The number of rotatable bonds is 4. The summed E-state index contributed by atoms with van der Waals surface area (Å²) >= 11 is 0. The molecule has 0 heterocycles. The van der Waals surface area contributed by atoms with Crippen LogP contribution in [0.5, 0.6) is 5.75 Å². The highest BCUT2D eigenvalue weighted by Crippen LogP contribution is 2.49. The number of hydrogen-bond donors (Lipinski definition) is 1. The Balaban J connectivity index is 1.59. The zero-order chi connectivity index (χ0) is 13.2. The summed E-state index contributed by atoms with van der Waals surface area (Å²) < 4.78 is 5.25. The highest BCUT2D eigenvalue weighted by atomic mass is 16.5. The fraction of sp³-hybridized carbons (Fsp3) is 0.562. The van der Waals surface area contributed by atoms with Crippen LogP contribution in [0.3, 0.4) is 0 Å². The number of amides is 1. The van der Waals surface area contributed by atoms with Gasteiger partial charge in [0.05, 0.1) is 12.8 Å². The molecule has 3 heteroatoms. The lowest BCUT2D eigenvalue weighted by atomic mass is 9.86. The Labute approximate surface area is 114 Å². The van der Waals surface area contributed by atoms with Crippen LogP contribution < -0.4 is 10.1 Å². The molecule has 0 radical (unpaired) electrons. The van der Waals surface area contributed by atoms with Crippen molar-refractivity contribution in [1.82, 2.24) is 0 Å². The fourth-order valence-electron chi connectivity index (χ4n) is 3.81. The Morgan fingerprint density at radius 2 is 2.16 bits per heavy atom. The molecule has 0 aromatic heterocycles. The molecular weight excluding hydrogens is 238 g/mol. The highest BCUT2D eigenvalue weighted by molar-refractivity contribution is 5.92. The zero-order valence-corrected chi connectivity index (χ0v) is 11.4. The summed E-state index contributed by atoms with van der Waals surface area (Å²) in [4.78, 5) is 12.1. The molecule has 2 bridgehead atoms. The maximum Gasteiger partial charge on any atom is 0.224 e. The molecule has 1 aromatic carbocycles. The fourth-order valence-corrected chi connectivity index (χ4v) is 3.81. The van der Waals surface area contributed by atoms with Crippen molar-refractivity contribution in [2.45, 2.75) is 32.1 Å². The van der Waals surface area contributed by atoms with Gasteiger partial charge in [-0.15, -0.1) is 0 Å². The average molecular weight is 259 g/mol. The number of anilines is 1. The molecule has 3 atom stereocenters. The Hall–Kier alpha value is -1.51. The number of carbonyl (C=O) groups is 1. The van der Waals surface area contributed by atoms with E-state index in [2.05, 4.69) is 5.32 Å². The first-order valence-electron chi connectivity index (χ1n) is 7.19. The van der Waals surface area contributed by atoms with Crippen molar-refractivity contribution >= 4 is 11.6 Å². The number of benzene rings is 1. The summed E-state index contributed by atoms with van der Waals surface area (Å²) in [7, 11) is 1.63. The van der Waals surface area contributed by atoms with Gasteiger partial charge in [0.1, 0.15) is 5.75 Å². The molecule has 0 saturated heterocycles. The summed E-state index contributed by atoms with van der Waals surface area (Å²) in [6.45, 7) is 0. The van der Waals surface area contributed by atoms with Crippen molar-refractivity contribution in [2.75, 3.05) is 12.4 Å². The summed E-state index contributed by atoms with van der Waals surface area (Å²) in [6.07, 6.45) is 5.99. The van der Waals surface area contributed by atoms with Crippen LogP contribution in [0.1, 0.15) is 32.1 Å². The maximum absolute atomic E-state index is 12.1. The van der Waals surface area contributed by atoms with Gasteiger partial charge in [-0.05, 0) is 49.1 Å². The Bertz CT molecular complexity index is 472. The van der Waals surface area contributed by atoms with Gasteiger partial charge in [-0.2, -0.15) is 0 Å². The minimum Gasteiger partial charge on any atom is -0.495 e. The van der Waals surface area contributed by atoms with Crippen LogP contribution in [0.2, 0.25) is 0 Å². The number of methoxy groups -OCH3 is 1. The molecule has 0 aliphatic heterocycles. The van der Waals surface area contributed by atoms with E-state index < -0.39 is 0 Å². The lowest BCUT2D eigenvalue weighted by molar-refractivity contribution is -0.117. The van der Waals surface area contributed by atoms with Crippen LogP contribution in [0.25, 0.3) is 0 Å². The summed E-state index contributed by atoms with van der Waals surface area (Å²) in [5.41, 5.74) is 0.776. The molecule has 2 aliphatic carbocycles. The van der Waals surface area contributed by atoms with Gasteiger partial charge in [-0.3, -0.25) is 4.79 Å². The van der Waals surface area contributed by atoms with Crippen molar-refractivity contribution in [1.29, 1.82) is 0 Å². The van der Waals surface area contributed by atoms with Gasteiger partial charge in [0.2, 0.25) is 5.91 Å². The lowest BCUT2D eigenvalue weighted by Gasteiger charge is -2.21. The van der Waals surface area contributed by atoms with Crippen molar-refractivity contribution in [3.8, 4) is 5.75 Å². The van der Waals surface area contributed by atoms with E-state index in [1.165, 1.54) is 25.7 Å². The lowest BCUT2D eigenvalue weighted by Crippen LogP contribution is -2.20. The molecule has 2 aliphatic rings. The molecule has 19 heavy (non-hydrogen) atoms. The molecule has 1 amide bonds. The van der Waals surface area contributed by atoms with Gasteiger partial charge >= 0.3 is 0 Å². The van der Waals surface area contributed by atoms with Crippen LogP contribution in [0, 0.1) is 17.8 Å². The maximum atomic E-state index is 12.1. The van der Waals surface area contributed by atoms with Crippen LogP contribution in [0.4, 0.5) is 5.69 Å². The average Bonchev–Trinajstić information content (AvgIpc) is 3.01. The van der Waals surface area contributed by atoms with Gasteiger partial charge in [-0.25, -0.2) is 0 Å². The normalized spacial score (nSPS) is 28.4. The van der Waals surface area contributed by atoms with Gasteiger partial charge in [-0.1, -0.05) is 18.6 Å². The minimum atomic E-state index is 0.127. The van der Waals surface area contributed by atoms with Gasteiger partial charge in [0.15, 0.2) is 0 Å². The molecule has 2 fully saturated rings. The smallest absolute Gasteiger partial charge is 0.224 e. The predicted molar refractivity (Wildman–Crippen MR) is 75.2 cm³/mol. The third kappa shape index (κ3) is 2.60. The third-order valence-electron chi connectivity index (χ3n) is 4.71. The standard InChI is InChI=1S/C16H21NO2/c1-19-15-5-3-2-4-14(15)17-16(18)10-13-9-11-6-7-12(13)8-11/h2-5,11-13H,6-10H2,1H3,(H,17,18)/t11-,12+,13-/m0/s1. The third-order valence-corrected chi connectivity index (χ3v) is 4.71. The van der Waals surface area contributed by atoms with Crippen LogP contribution in [-0.2, 0) is 4.79 Å². The summed E-state index contributed by atoms with van der Waals surface area (Å²) in [5, 5.41) is 2.98. The number of carbonyl (C=O) groups excluding carboxylic acids is 1. The first kappa shape index (κ1) is 12.5. The minimum absolute atomic E-state index is 0.127. The van der Waals surface area contributed by atoms with Gasteiger partial charge in [0, 0.05) is 6.42 Å². The summed E-state index contributed by atoms with van der Waals surface area (Å²) in [6, 6.07) is 7.57. The molecule has 1 aromatic rings. The number of para-hydroxylation sites is 2. The molecule has 0 spiro atoms. The Kier molecular flexibility index (Phi) is 3.45. The van der Waals surface area contributed by atoms with Crippen LogP contribution in [0.15, 0.2) is 24.3 Å². The monoisotopic (exact) mass is 259 g/mol. The van der Waals surface area contributed by atoms with E-state index in [1.54, 1.807) is 7.11 Å². The Morgan fingerprint density at radius 3 is 2.84 bits per heavy atom. The molecule has 3 nitrogen and oxygen atoms in total. The van der Waals surface area contributed by atoms with Crippen molar-refractivity contribution < 1.29 is 9.53 Å². The van der Waals surface area contributed by atoms with Crippen LogP contribution >= 0.6 is 0 Å². The molecule has 0 unspecified atom stereocenters. The first-order valence-corrected chi connectivity index (χ1v) is 7.19. The second kappa shape index (κ2) is 5.24. The first-order chi connectivity index (χ1) is 9.26. The van der Waals surface area contributed by atoms with E-state index in [1.807, 2.05) is 24.3 Å². The largest absolute Gasteiger partial charge is 0.495 e. The SMILES string of the molecule is COc1ccccc1NC(=O)C[C@@H]1C[C@H]2CC[C@@H]1C2. The number of fused-ring (bicyclic) bond motifs is 2. The molecule has 2 saturated carbocycles. The second-order valence-electron chi connectivity index (χ2n) is 5.89. The van der Waals surface area contributed by atoms with E-state index in [-0.39, 0.29) is 5.91 Å². The molecule has 102 valence electrons. The van der Waals surface area contributed by atoms with Crippen LogP contribution in [-0.4, -0.2) is 13.0 Å². The van der Waals surface area contributed by atoms with Crippen molar-refractivity contribution in [3.63, 3.8) is 0 Å². The van der Waals surface area contributed by atoms with E-state index in [0.717, 1.165) is 23.3 Å². The zero-order valence-electron chi connectivity index (χ0n) is 11.4. The van der Waals surface area contributed by atoms with Crippen molar-refractivity contribution in [2.24, 2.45) is 17.8 Å². The van der Waals surface area contributed by atoms with E-state index in [0.29, 0.717) is 12.3 Å². The van der Waals surface area contributed by atoms with E-state index in [9.17, 15) is 4.79 Å². The van der Waals surface area contributed by atoms with Gasteiger partial charge < -0.3 is 10.1 Å². The Morgan fingerprint density at radius 1 is 1.32 bits per heavy atom. The predicted octanol–water partition coefficient (Wildman–Crippen LogP) is 3.46. The quantitative estimate of drug-likeness (QED) is 0.899. The highest BCUT2D eigenvalue weighted by Gasteiger charge is 2.40. The second-order valence-corrected chi connectivity index (χ2v) is 5.89. The van der Waals surface area contributed by atoms with Crippen molar-refractivity contribution in [3.05, 3.63) is 24.3 Å². The molecule has 1 N–H and O–H groups in total.